The minimum absolute atomic E-state index is 0.198. The highest BCUT2D eigenvalue weighted by molar-refractivity contribution is 7.52. The predicted molar refractivity (Wildman–Crippen MR) is 116 cm³/mol. The predicted octanol–water partition coefficient (Wildman–Crippen LogP) is 0.620. The van der Waals surface area contributed by atoms with Gasteiger partial charge in [-0.2, -0.15) is 4.68 Å². The Morgan fingerprint density at radius 2 is 2.06 bits per heavy atom. The Kier molecular flexibility index (Phi) is 7.53. The second-order valence-electron chi connectivity index (χ2n) is 8.20. The van der Waals surface area contributed by atoms with Crippen LogP contribution in [-0.4, -0.2) is 90.5 Å². The number of hydrogen-bond donors (Lipinski definition) is 5. The van der Waals surface area contributed by atoms with Crippen molar-refractivity contribution in [3.8, 4) is 0 Å². The minimum atomic E-state index is -4.61. The van der Waals surface area contributed by atoms with Gasteiger partial charge >= 0.3 is 7.60 Å². The Hall–Kier alpha value is -1.41. The van der Waals surface area contributed by atoms with Gasteiger partial charge in [0.05, 0.1) is 18.9 Å². The van der Waals surface area contributed by atoms with Crippen LogP contribution in [0.2, 0.25) is 5.15 Å². The Labute approximate surface area is 194 Å². The van der Waals surface area contributed by atoms with Gasteiger partial charge in [0.25, 0.3) is 0 Å². The Morgan fingerprint density at radius 3 is 2.73 bits per heavy atom. The summed E-state index contributed by atoms with van der Waals surface area (Å²) in [6.07, 6.45) is -0.744. The molecule has 1 saturated carbocycles. The molecule has 184 valence electrons. The summed E-state index contributed by atoms with van der Waals surface area (Å²) in [5, 5.41) is 32.9. The van der Waals surface area contributed by atoms with E-state index in [0.29, 0.717) is 17.2 Å². The summed E-state index contributed by atoms with van der Waals surface area (Å²) < 4.78 is 28.5. The molecule has 4 rings (SSSR count). The lowest BCUT2D eigenvalue weighted by atomic mass is 10.1. The van der Waals surface area contributed by atoms with E-state index < -0.39 is 44.6 Å². The zero-order valence-electron chi connectivity index (χ0n) is 17.8. The monoisotopic (exact) mass is 507 g/mol. The molecule has 3 heterocycles. The third-order valence-electron chi connectivity index (χ3n) is 5.83. The highest BCUT2D eigenvalue weighted by atomic mass is 35.5. The summed E-state index contributed by atoms with van der Waals surface area (Å²) in [5.41, 5.74) is 1.37. The number of aromatic nitrogens is 4. The van der Waals surface area contributed by atoms with E-state index in [4.69, 9.17) is 25.8 Å². The van der Waals surface area contributed by atoms with Crippen molar-refractivity contribution >= 4 is 36.0 Å². The summed E-state index contributed by atoms with van der Waals surface area (Å²) in [6.45, 7) is -0.755. The van der Waals surface area contributed by atoms with Crippen LogP contribution in [0.15, 0.2) is 6.07 Å². The number of nitrogens with one attached hydrogen (secondary N) is 1. The Morgan fingerprint density at radius 1 is 1.33 bits per heavy atom. The zero-order valence-corrected chi connectivity index (χ0v) is 19.5. The minimum Gasteiger partial charge on any atom is -0.387 e. The van der Waals surface area contributed by atoms with Crippen LogP contribution in [0.1, 0.15) is 31.9 Å². The maximum Gasteiger partial charge on any atom is 0.356 e. The molecule has 2 aromatic rings. The Balaban J connectivity index is 1.53. The first-order chi connectivity index (χ1) is 15.7. The SMILES string of the molecule is COC[C@@H](OC[C@H]1O[C@@H](n2nnc3c(NC4CCCC4)cc(Cl)nc32)[C@H](O)[C@@H]1O)P(=O)(O)O. The molecule has 0 bridgehead atoms. The number of rotatable bonds is 9. The number of nitrogens with zero attached hydrogens (tertiary/aromatic N) is 4. The van der Waals surface area contributed by atoms with Gasteiger partial charge in [-0.25, -0.2) is 4.98 Å². The standard InChI is InChI=1S/C18H27ClN5O8P/c1-30-8-13(33(27,28)29)31-7-11-15(25)16(26)18(32-11)24-17-14(22-23-24)10(6-12(19)21-17)20-9-4-2-3-5-9/h6,9,11,13,15-16,18,25-26H,2-5,7-8H2,1H3,(H,20,21)(H2,27,28,29)/t11-,13+,15-,16-,18-/m1/s1. The van der Waals surface area contributed by atoms with Gasteiger partial charge in [0.1, 0.15) is 23.5 Å². The summed E-state index contributed by atoms with van der Waals surface area (Å²) in [7, 11) is -3.34. The van der Waals surface area contributed by atoms with E-state index in [2.05, 4.69) is 20.6 Å². The highest BCUT2D eigenvalue weighted by Crippen LogP contribution is 2.42. The van der Waals surface area contributed by atoms with Crippen molar-refractivity contribution in [3.63, 3.8) is 0 Å². The van der Waals surface area contributed by atoms with E-state index in [1.807, 2.05) is 0 Å². The maximum absolute atomic E-state index is 11.5. The fourth-order valence-electron chi connectivity index (χ4n) is 4.12. The molecule has 15 heteroatoms. The first-order valence-corrected chi connectivity index (χ1v) is 12.6. The maximum atomic E-state index is 11.5. The summed E-state index contributed by atoms with van der Waals surface area (Å²) in [5.74, 6) is -1.54. The zero-order chi connectivity index (χ0) is 23.8. The number of hydrogen-bond acceptors (Lipinski definition) is 10. The third kappa shape index (κ3) is 5.31. The smallest absolute Gasteiger partial charge is 0.356 e. The number of aliphatic hydroxyl groups excluding tert-OH is 2. The second-order valence-corrected chi connectivity index (χ2v) is 10.3. The molecule has 5 N–H and O–H groups in total. The number of aliphatic hydroxyl groups is 2. The van der Waals surface area contributed by atoms with Crippen molar-refractivity contribution < 1.29 is 38.8 Å². The van der Waals surface area contributed by atoms with Crippen molar-refractivity contribution in [1.82, 2.24) is 20.0 Å². The lowest BCUT2D eigenvalue weighted by molar-refractivity contribution is -0.0830. The average Bonchev–Trinajstić information content (AvgIpc) is 3.46. The molecular weight excluding hydrogens is 481 g/mol. The van der Waals surface area contributed by atoms with Crippen LogP contribution in [0, 0.1) is 0 Å². The van der Waals surface area contributed by atoms with Gasteiger partial charge in [-0.1, -0.05) is 29.7 Å². The molecule has 0 aromatic carbocycles. The number of anilines is 1. The number of ether oxygens (including phenoxy) is 3. The molecule has 1 aliphatic carbocycles. The molecule has 1 saturated heterocycles. The molecule has 0 radical (unpaired) electrons. The molecule has 1 aliphatic heterocycles. The Bertz CT molecular complexity index is 1020. The van der Waals surface area contributed by atoms with Crippen LogP contribution in [0.25, 0.3) is 11.2 Å². The summed E-state index contributed by atoms with van der Waals surface area (Å²) in [4.78, 5) is 23.0. The molecule has 5 atom stereocenters. The topological polar surface area (TPSA) is 181 Å². The van der Waals surface area contributed by atoms with Gasteiger partial charge in [0.15, 0.2) is 23.2 Å². The molecule has 2 fully saturated rings. The van der Waals surface area contributed by atoms with Gasteiger partial charge in [0.2, 0.25) is 0 Å². The van der Waals surface area contributed by atoms with Gasteiger partial charge in [0, 0.05) is 19.2 Å². The van der Waals surface area contributed by atoms with Gasteiger partial charge < -0.3 is 39.5 Å². The normalized spacial score (nSPS) is 27.5. The largest absolute Gasteiger partial charge is 0.387 e. The molecular formula is C18H27ClN5O8P. The fraction of sp³-hybridized carbons (Fsp3) is 0.722. The lowest BCUT2D eigenvalue weighted by Crippen LogP contribution is -2.35. The number of methoxy groups -OCH3 is 1. The van der Waals surface area contributed by atoms with Crippen LogP contribution in [0.3, 0.4) is 0 Å². The van der Waals surface area contributed by atoms with Gasteiger partial charge in [-0.05, 0) is 12.8 Å². The van der Waals surface area contributed by atoms with Crippen LogP contribution >= 0.6 is 19.2 Å². The quantitative estimate of drug-likeness (QED) is 0.236. The summed E-state index contributed by atoms with van der Waals surface area (Å²) in [6, 6.07) is 1.96. The number of halogens is 1. The molecule has 0 spiro atoms. The molecule has 2 aromatic heterocycles. The van der Waals surface area contributed by atoms with Crippen molar-refractivity contribution in [3.05, 3.63) is 11.2 Å². The first kappa shape index (κ1) is 24.7. The van der Waals surface area contributed by atoms with Crippen molar-refractivity contribution in [2.24, 2.45) is 0 Å². The van der Waals surface area contributed by atoms with Crippen molar-refractivity contribution in [1.29, 1.82) is 0 Å². The first-order valence-electron chi connectivity index (χ1n) is 10.5. The van der Waals surface area contributed by atoms with Crippen molar-refractivity contribution in [2.45, 2.75) is 62.1 Å². The van der Waals surface area contributed by atoms with Crippen LogP contribution in [0.5, 0.6) is 0 Å². The van der Waals surface area contributed by atoms with E-state index in [-0.39, 0.29) is 17.4 Å². The molecule has 0 amide bonds. The van der Waals surface area contributed by atoms with E-state index in [0.717, 1.165) is 25.7 Å². The third-order valence-corrected chi connectivity index (χ3v) is 7.07. The summed E-state index contributed by atoms with van der Waals surface area (Å²) >= 11 is 6.22. The van der Waals surface area contributed by atoms with Gasteiger partial charge in [-0.15, -0.1) is 5.10 Å². The van der Waals surface area contributed by atoms with Crippen LogP contribution in [0.4, 0.5) is 5.69 Å². The van der Waals surface area contributed by atoms with E-state index in [9.17, 15) is 24.6 Å². The molecule has 13 nitrogen and oxygen atoms in total. The average molecular weight is 508 g/mol. The lowest BCUT2D eigenvalue weighted by Gasteiger charge is -2.21. The van der Waals surface area contributed by atoms with Crippen LogP contribution < -0.4 is 5.32 Å². The van der Waals surface area contributed by atoms with E-state index in [1.165, 1.54) is 11.8 Å². The van der Waals surface area contributed by atoms with E-state index >= 15 is 0 Å². The van der Waals surface area contributed by atoms with Crippen molar-refractivity contribution in [2.75, 3.05) is 25.6 Å². The second kappa shape index (κ2) is 10.1. The fourth-order valence-corrected chi connectivity index (χ4v) is 4.93. The van der Waals surface area contributed by atoms with Crippen LogP contribution in [-0.2, 0) is 18.8 Å². The molecule has 33 heavy (non-hydrogen) atoms. The number of pyridine rings is 1. The highest BCUT2D eigenvalue weighted by Gasteiger charge is 2.46. The number of fused-ring (bicyclic) bond motifs is 1. The molecule has 2 aliphatic rings. The van der Waals surface area contributed by atoms with E-state index in [1.54, 1.807) is 6.07 Å². The molecule has 0 unspecified atom stereocenters. The van der Waals surface area contributed by atoms with Gasteiger partial charge in [-0.3, -0.25) is 4.57 Å².